The molecule has 0 aliphatic rings. The Morgan fingerprint density at radius 2 is 2.00 bits per heavy atom. The molecule has 104 valence electrons. The van der Waals surface area contributed by atoms with Crippen LogP contribution in [-0.2, 0) is 4.79 Å². The van der Waals surface area contributed by atoms with Crippen LogP contribution in [0.2, 0.25) is 5.02 Å². The van der Waals surface area contributed by atoms with Gasteiger partial charge in [0.25, 0.3) is 5.91 Å². The Morgan fingerprint density at radius 1 is 1.42 bits per heavy atom. The highest BCUT2D eigenvalue weighted by Crippen LogP contribution is 2.22. The van der Waals surface area contributed by atoms with E-state index in [1.807, 2.05) is 0 Å². The van der Waals surface area contributed by atoms with E-state index in [1.165, 1.54) is 14.0 Å². The van der Waals surface area contributed by atoms with Gasteiger partial charge < -0.3 is 10.0 Å². The van der Waals surface area contributed by atoms with Crippen LogP contribution in [0.15, 0.2) is 12.1 Å². The highest BCUT2D eigenvalue weighted by molar-refractivity contribution is 6.31. The topological polar surface area (TPSA) is 57.6 Å². The third-order valence-electron chi connectivity index (χ3n) is 2.58. The molecule has 1 amide bonds. The summed E-state index contributed by atoms with van der Waals surface area (Å²) in [7, 11) is 1.33. The quantitative estimate of drug-likeness (QED) is 0.867. The molecular weight excluding hydrogens is 280 g/mol. The zero-order valence-corrected chi connectivity index (χ0v) is 11.0. The monoisotopic (exact) mass is 291 g/mol. The molecule has 0 saturated carbocycles. The number of benzene rings is 1. The summed E-state index contributed by atoms with van der Waals surface area (Å²) in [5.74, 6) is -4.74. The number of carboxylic acid groups (broad SMARTS) is 1. The van der Waals surface area contributed by atoms with Gasteiger partial charge in [0.2, 0.25) is 0 Å². The van der Waals surface area contributed by atoms with Crippen molar-refractivity contribution >= 4 is 23.5 Å². The summed E-state index contributed by atoms with van der Waals surface area (Å²) in [5.41, 5.74) is -0.397. The van der Waals surface area contributed by atoms with E-state index < -0.39 is 40.0 Å². The first-order valence-corrected chi connectivity index (χ1v) is 5.75. The second-order valence-corrected chi connectivity index (χ2v) is 4.53. The molecular formula is C12H12ClF2NO3. The van der Waals surface area contributed by atoms with Crippen molar-refractivity contribution in [2.75, 3.05) is 13.6 Å². The summed E-state index contributed by atoms with van der Waals surface area (Å²) in [6.45, 7) is 1.32. The highest BCUT2D eigenvalue weighted by Gasteiger charge is 2.23. The van der Waals surface area contributed by atoms with Crippen LogP contribution in [-0.4, -0.2) is 35.5 Å². The summed E-state index contributed by atoms with van der Waals surface area (Å²) in [6, 6.07) is 1.86. The van der Waals surface area contributed by atoms with Crippen molar-refractivity contribution in [2.45, 2.75) is 6.92 Å². The highest BCUT2D eigenvalue weighted by atomic mass is 35.5. The van der Waals surface area contributed by atoms with E-state index in [2.05, 4.69) is 0 Å². The van der Waals surface area contributed by atoms with Crippen LogP contribution < -0.4 is 0 Å². The van der Waals surface area contributed by atoms with Crippen LogP contribution in [0.4, 0.5) is 8.78 Å². The van der Waals surface area contributed by atoms with Crippen molar-refractivity contribution in [2.24, 2.45) is 5.92 Å². The Kier molecular flexibility index (Phi) is 4.83. The average molecular weight is 292 g/mol. The Balaban J connectivity index is 2.95. The Hall–Kier alpha value is -1.69. The van der Waals surface area contributed by atoms with Gasteiger partial charge >= 0.3 is 5.97 Å². The van der Waals surface area contributed by atoms with Crippen LogP contribution >= 0.6 is 11.6 Å². The first kappa shape index (κ1) is 15.4. The smallest absolute Gasteiger partial charge is 0.308 e. The maximum absolute atomic E-state index is 13.6. The van der Waals surface area contributed by atoms with E-state index >= 15 is 0 Å². The van der Waals surface area contributed by atoms with Gasteiger partial charge in [-0.05, 0) is 12.1 Å². The van der Waals surface area contributed by atoms with Gasteiger partial charge in [-0.3, -0.25) is 9.59 Å². The second-order valence-electron chi connectivity index (χ2n) is 4.15. The number of carboxylic acids is 1. The number of halogens is 3. The molecule has 1 aromatic carbocycles. The largest absolute Gasteiger partial charge is 0.481 e. The molecule has 0 bridgehead atoms. The predicted octanol–water partition coefficient (Wildman–Crippen LogP) is 2.41. The molecule has 0 fully saturated rings. The number of nitrogens with zero attached hydrogens (tertiary/aromatic N) is 1. The fourth-order valence-electron chi connectivity index (χ4n) is 1.47. The molecule has 1 rings (SSSR count). The Morgan fingerprint density at radius 3 is 2.53 bits per heavy atom. The Labute approximate surface area is 113 Å². The van der Waals surface area contributed by atoms with Gasteiger partial charge in [-0.15, -0.1) is 0 Å². The zero-order chi connectivity index (χ0) is 14.7. The number of hydrogen-bond donors (Lipinski definition) is 1. The maximum atomic E-state index is 13.6. The lowest BCUT2D eigenvalue weighted by atomic mass is 10.1. The number of carbonyl (C=O) groups is 2. The molecule has 0 spiro atoms. The lowest BCUT2D eigenvalue weighted by Crippen LogP contribution is -2.34. The van der Waals surface area contributed by atoms with E-state index in [0.29, 0.717) is 0 Å². The zero-order valence-electron chi connectivity index (χ0n) is 10.3. The molecule has 0 heterocycles. The normalized spacial score (nSPS) is 12.1. The molecule has 0 saturated heterocycles. The number of aliphatic carboxylic acids is 1. The second kappa shape index (κ2) is 5.97. The van der Waals surface area contributed by atoms with Gasteiger partial charge in [-0.25, -0.2) is 8.78 Å². The minimum absolute atomic E-state index is 0.0946. The van der Waals surface area contributed by atoms with Crippen molar-refractivity contribution in [3.63, 3.8) is 0 Å². The van der Waals surface area contributed by atoms with Crippen LogP contribution in [0.3, 0.4) is 0 Å². The van der Waals surface area contributed by atoms with E-state index in [4.69, 9.17) is 16.7 Å². The average Bonchev–Trinajstić information content (AvgIpc) is 2.35. The van der Waals surface area contributed by atoms with Gasteiger partial charge in [-0.1, -0.05) is 18.5 Å². The van der Waals surface area contributed by atoms with Gasteiger partial charge in [0.05, 0.1) is 11.5 Å². The van der Waals surface area contributed by atoms with E-state index in [9.17, 15) is 18.4 Å². The van der Waals surface area contributed by atoms with Crippen LogP contribution in [0.1, 0.15) is 17.3 Å². The predicted molar refractivity (Wildman–Crippen MR) is 65.1 cm³/mol. The molecule has 1 unspecified atom stereocenters. The van der Waals surface area contributed by atoms with Crippen molar-refractivity contribution < 1.29 is 23.5 Å². The minimum Gasteiger partial charge on any atom is -0.481 e. The van der Waals surface area contributed by atoms with Crippen LogP contribution in [0, 0.1) is 17.6 Å². The van der Waals surface area contributed by atoms with Crippen molar-refractivity contribution in [3.05, 3.63) is 34.4 Å². The van der Waals surface area contributed by atoms with Gasteiger partial charge in [0.1, 0.15) is 10.8 Å². The third kappa shape index (κ3) is 3.41. The van der Waals surface area contributed by atoms with Gasteiger partial charge in [0.15, 0.2) is 5.82 Å². The van der Waals surface area contributed by atoms with Gasteiger partial charge in [-0.2, -0.15) is 0 Å². The van der Waals surface area contributed by atoms with Crippen LogP contribution in [0.25, 0.3) is 0 Å². The fraction of sp³-hybridized carbons (Fsp3) is 0.333. The number of hydrogen-bond acceptors (Lipinski definition) is 2. The van der Waals surface area contributed by atoms with Gasteiger partial charge in [0, 0.05) is 13.6 Å². The van der Waals surface area contributed by atoms with Crippen molar-refractivity contribution in [3.8, 4) is 0 Å². The number of rotatable bonds is 4. The van der Waals surface area contributed by atoms with E-state index in [0.717, 1.165) is 17.0 Å². The summed E-state index contributed by atoms with van der Waals surface area (Å²) >= 11 is 5.37. The first-order chi connectivity index (χ1) is 8.75. The SMILES string of the molecule is CC(CN(C)C(=O)c1ccc(F)c(Cl)c1F)C(=O)O. The molecule has 7 heteroatoms. The Bertz CT molecular complexity index is 522. The van der Waals surface area contributed by atoms with Crippen LogP contribution in [0.5, 0.6) is 0 Å². The molecule has 4 nitrogen and oxygen atoms in total. The van der Waals surface area contributed by atoms with E-state index in [-0.39, 0.29) is 6.54 Å². The maximum Gasteiger partial charge on any atom is 0.308 e. The van der Waals surface area contributed by atoms with Crippen molar-refractivity contribution in [1.82, 2.24) is 4.90 Å². The fourth-order valence-corrected chi connectivity index (χ4v) is 1.63. The number of carbonyl (C=O) groups excluding carboxylic acids is 1. The summed E-state index contributed by atoms with van der Waals surface area (Å²) < 4.78 is 26.6. The number of amides is 1. The first-order valence-electron chi connectivity index (χ1n) is 5.37. The van der Waals surface area contributed by atoms with Crippen molar-refractivity contribution in [1.29, 1.82) is 0 Å². The molecule has 1 N–H and O–H groups in total. The lowest BCUT2D eigenvalue weighted by Gasteiger charge is -2.20. The summed E-state index contributed by atoms with van der Waals surface area (Å²) in [6.07, 6.45) is 0. The molecule has 1 atom stereocenters. The standard InChI is InChI=1S/C12H12ClF2NO3/c1-6(12(18)19)5-16(2)11(17)7-3-4-8(14)9(13)10(7)15/h3-4,6H,5H2,1-2H3,(H,18,19). The minimum atomic E-state index is -1.15. The molecule has 0 radical (unpaired) electrons. The lowest BCUT2D eigenvalue weighted by molar-refractivity contribution is -0.141. The molecule has 0 aliphatic carbocycles. The third-order valence-corrected chi connectivity index (χ3v) is 2.93. The van der Waals surface area contributed by atoms with E-state index in [1.54, 1.807) is 0 Å². The molecule has 1 aromatic rings. The summed E-state index contributed by atoms with van der Waals surface area (Å²) in [5, 5.41) is 7.98. The molecule has 0 aromatic heterocycles. The summed E-state index contributed by atoms with van der Waals surface area (Å²) in [4.78, 5) is 23.6. The molecule has 19 heavy (non-hydrogen) atoms. The molecule has 0 aliphatic heterocycles.